The first-order valence-electron chi connectivity index (χ1n) is 11.7. The molecule has 1 aliphatic rings. The molecule has 0 N–H and O–H groups in total. The van der Waals surface area contributed by atoms with Gasteiger partial charge in [0.15, 0.2) is 0 Å². The van der Waals surface area contributed by atoms with Crippen LogP contribution in [0.3, 0.4) is 0 Å². The van der Waals surface area contributed by atoms with Crippen LogP contribution in [0, 0.1) is 17.9 Å². The summed E-state index contributed by atoms with van der Waals surface area (Å²) < 4.78 is 1.96. The van der Waals surface area contributed by atoms with Crippen LogP contribution in [-0.2, 0) is 0 Å². The number of nitriles is 1. The number of hydrogen-bond acceptors (Lipinski definition) is 5. The molecular formula is C31H17N5OSe. The Morgan fingerprint density at radius 2 is 1.61 bits per heavy atom. The number of ketones is 1. The average molecular weight is 554 g/mol. The van der Waals surface area contributed by atoms with Gasteiger partial charge in [0, 0.05) is 0 Å². The van der Waals surface area contributed by atoms with E-state index in [0.717, 1.165) is 25.5 Å². The molecule has 2 aromatic heterocycles. The van der Waals surface area contributed by atoms with Gasteiger partial charge in [0.05, 0.1) is 0 Å². The summed E-state index contributed by atoms with van der Waals surface area (Å²) in [5, 5.41) is 11.6. The number of Topliss-reactive ketones (excluding diaryl/α,β-unsaturated/α-hetero) is 1. The molecule has 3 aromatic carbocycles. The zero-order chi connectivity index (χ0) is 26.1. The van der Waals surface area contributed by atoms with Gasteiger partial charge >= 0.3 is 225 Å². The summed E-state index contributed by atoms with van der Waals surface area (Å²) in [6, 6.07) is 29.2. The van der Waals surface area contributed by atoms with Crippen molar-refractivity contribution >= 4 is 58.9 Å². The number of rotatable bonds is 4. The molecule has 0 unspecified atom stereocenters. The average Bonchev–Trinajstić information content (AvgIpc) is 3.52. The number of hydrogen-bond donors (Lipinski definition) is 0. The Balaban J connectivity index is 1.49. The van der Waals surface area contributed by atoms with Gasteiger partial charge in [0.2, 0.25) is 0 Å². The summed E-state index contributed by atoms with van der Waals surface area (Å²) in [6.07, 6.45) is 5.25. The molecule has 7 heteroatoms. The van der Waals surface area contributed by atoms with E-state index in [1.54, 1.807) is 18.5 Å². The monoisotopic (exact) mass is 555 g/mol. The van der Waals surface area contributed by atoms with Crippen molar-refractivity contribution in [2.45, 2.75) is 0 Å². The molecule has 0 amide bonds. The molecular weight excluding hydrogens is 537 g/mol. The first-order chi connectivity index (χ1) is 18.7. The minimum atomic E-state index is -0.183. The molecule has 0 spiro atoms. The van der Waals surface area contributed by atoms with Crippen LogP contribution in [0.15, 0.2) is 109 Å². The van der Waals surface area contributed by atoms with E-state index in [1.165, 1.54) is 0 Å². The Kier molecular flexibility index (Phi) is 6.00. The Morgan fingerprint density at radius 3 is 2.29 bits per heavy atom. The fourth-order valence-electron chi connectivity index (χ4n) is 4.58. The van der Waals surface area contributed by atoms with Crippen LogP contribution in [0.5, 0.6) is 0 Å². The molecule has 0 bridgehead atoms. The summed E-state index contributed by atoms with van der Waals surface area (Å²) in [5.41, 5.74) is 2.80. The van der Waals surface area contributed by atoms with Crippen LogP contribution in [-0.4, -0.2) is 30.3 Å². The Labute approximate surface area is 225 Å². The van der Waals surface area contributed by atoms with Gasteiger partial charge in [-0.05, 0) is 0 Å². The predicted octanol–water partition coefficient (Wildman–Crippen LogP) is 6.59. The van der Waals surface area contributed by atoms with Crippen LogP contribution in [0.4, 0.5) is 16.2 Å². The van der Waals surface area contributed by atoms with Gasteiger partial charge in [-0.3, -0.25) is 0 Å². The van der Waals surface area contributed by atoms with Crippen molar-refractivity contribution in [2.75, 3.05) is 4.90 Å². The second-order valence-electron chi connectivity index (χ2n) is 8.48. The molecule has 6 nitrogen and oxygen atoms in total. The van der Waals surface area contributed by atoms with Crippen molar-refractivity contribution in [3.05, 3.63) is 136 Å². The Morgan fingerprint density at radius 1 is 0.921 bits per heavy atom. The first-order valence-corrected chi connectivity index (χ1v) is 13.4. The number of para-hydroxylation sites is 1. The second-order valence-corrected chi connectivity index (χ2v) is 10.8. The molecule has 0 fully saturated rings. The van der Waals surface area contributed by atoms with E-state index in [4.69, 9.17) is 6.57 Å². The van der Waals surface area contributed by atoms with E-state index < -0.39 is 0 Å². The third kappa shape index (κ3) is 4.03. The molecule has 0 atom stereocenters. The molecule has 178 valence electrons. The maximum absolute atomic E-state index is 13.7. The van der Waals surface area contributed by atoms with E-state index in [-0.39, 0.29) is 26.0 Å². The standard InChI is InChI=1S/C31H17N5OSe/c1-33-27(19-32)29-24-16-20-8-5-6-9-21(20)17-25(24)30(37)26(29)18-23-12-13-28(38-23)36(22-10-3-2-4-11-22)31-34-14-7-15-35-31/h2-18H/b26-18+,29-27-. The summed E-state index contributed by atoms with van der Waals surface area (Å²) in [5.74, 6) is 0.388. The van der Waals surface area contributed by atoms with E-state index in [0.29, 0.717) is 28.2 Å². The SMILES string of the molecule is [C-]#[N+]/C(C#N)=C1\C(=C/c2ccc(N(c3ccccc3)c3ncccn3)[se]2)C(=O)c2cc3ccccc3cc21. The summed E-state index contributed by atoms with van der Waals surface area (Å²) in [6.45, 7) is 7.61. The van der Waals surface area contributed by atoms with Crippen LogP contribution >= 0.6 is 0 Å². The van der Waals surface area contributed by atoms with Crippen molar-refractivity contribution in [3.63, 3.8) is 0 Å². The van der Waals surface area contributed by atoms with Gasteiger partial charge in [-0.15, -0.1) is 0 Å². The van der Waals surface area contributed by atoms with E-state index in [1.807, 2.05) is 95.9 Å². The molecule has 6 rings (SSSR count). The molecule has 0 aliphatic heterocycles. The fraction of sp³-hybridized carbons (Fsp3) is 0. The van der Waals surface area contributed by atoms with Gasteiger partial charge in [-0.1, -0.05) is 0 Å². The molecule has 0 radical (unpaired) electrons. The van der Waals surface area contributed by atoms with Crippen molar-refractivity contribution in [2.24, 2.45) is 0 Å². The normalized spacial score (nSPS) is 14.7. The Bertz CT molecular complexity index is 1800. The van der Waals surface area contributed by atoms with Crippen LogP contribution in [0.25, 0.3) is 27.3 Å². The van der Waals surface area contributed by atoms with Crippen LogP contribution in [0.2, 0.25) is 0 Å². The van der Waals surface area contributed by atoms with Gasteiger partial charge < -0.3 is 0 Å². The Hall–Kier alpha value is -5.07. The molecule has 38 heavy (non-hydrogen) atoms. The number of allylic oxidation sites excluding steroid dienone is 3. The zero-order valence-electron chi connectivity index (χ0n) is 19.9. The topological polar surface area (TPSA) is 74.2 Å². The summed E-state index contributed by atoms with van der Waals surface area (Å²) in [4.78, 5) is 28.1. The zero-order valence-corrected chi connectivity index (χ0v) is 21.6. The number of benzene rings is 3. The van der Waals surface area contributed by atoms with Crippen LogP contribution < -0.4 is 4.90 Å². The van der Waals surface area contributed by atoms with Gasteiger partial charge in [-0.2, -0.15) is 0 Å². The number of nitrogens with zero attached hydrogens (tertiary/aromatic N) is 5. The summed E-state index contributed by atoms with van der Waals surface area (Å²) >= 11 is -0.183. The van der Waals surface area contributed by atoms with Crippen molar-refractivity contribution in [1.82, 2.24) is 9.97 Å². The van der Waals surface area contributed by atoms with Gasteiger partial charge in [0.1, 0.15) is 0 Å². The fourth-order valence-corrected chi connectivity index (χ4v) is 6.61. The number of aromatic nitrogens is 2. The molecule has 0 saturated heterocycles. The van der Waals surface area contributed by atoms with Crippen molar-refractivity contribution in [1.29, 1.82) is 5.26 Å². The van der Waals surface area contributed by atoms with Crippen LogP contribution in [0.1, 0.15) is 20.4 Å². The number of carbonyl (C=O) groups is 1. The molecule has 1 aliphatic carbocycles. The number of fused-ring (bicyclic) bond motifs is 2. The number of carbonyl (C=O) groups excluding carboxylic acids is 1. The van der Waals surface area contributed by atoms with Gasteiger partial charge in [-0.25, -0.2) is 0 Å². The summed E-state index contributed by atoms with van der Waals surface area (Å²) in [7, 11) is 0. The predicted molar refractivity (Wildman–Crippen MR) is 149 cm³/mol. The quantitative estimate of drug-likeness (QED) is 0.108. The molecule has 5 aromatic rings. The van der Waals surface area contributed by atoms with Crippen molar-refractivity contribution < 1.29 is 4.79 Å². The first kappa shape index (κ1) is 23.3. The molecule has 0 saturated carbocycles. The third-order valence-corrected chi connectivity index (χ3v) is 8.39. The van der Waals surface area contributed by atoms with E-state index in [2.05, 4.69) is 14.8 Å². The third-order valence-electron chi connectivity index (χ3n) is 6.25. The van der Waals surface area contributed by atoms with Crippen molar-refractivity contribution in [3.8, 4) is 6.07 Å². The number of anilines is 3. The minimum absolute atomic E-state index is 0.0819. The molecule has 2 heterocycles. The van der Waals surface area contributed by atoms with E-state index in [9.17, 15) is 10.1 Å². The maximum atomic E-state index is 13.7. The van der Waals surface area contributed by atoms with Gasteiger partial charge in [0.25, 0.3) is 0 Å². The van der Waals surface area contributed by atoms with E-state index >= 15 is 0 Å². The second kappa shape index (κ2) is 9.76.